The molecule has 0 radical (unpaired) electrons. The van der Waals surface area contributed by atoms with Gasteiger partial charge >= 0.3 is 5.97 Å². The predicted octanol–water partition coefficient (Wildman–Crippen LogP) is 2.33. The highest BCUT2D eigenvalue weighted by Crippen LogP contribution is 2.18. The number of benzene rings is 1. The zero-order valence-corrected chi connectivity index (χ0v) is 11.8. The number of rotatable bonds is 5. The summed E-state index contributed by atoms with van der Waals surface area (Å²) >= 11 is 0. The van der Waals surface area contributed by atoms with Gasteiger partial charge in [0.05, 0.1) is 5.56 Å². The molecule has 0 aromatic heterocycles. The van der Waals surface area contributed by atoms with E-state index >= 15 is 0 Å². The number of hydrogen-bond donors (Lipinski definition) is 0. The molecular weight excluding hydrogens is 228 g/mol. The lowest BCUT2D eigenvalue weighted by Gasteiger charge is -2.20. The maximum absolute atomic E-state index is 11.9. The van der Waals surface area contributed by atoms with Crippen molar-refractivity contribution in [2.45, 2.75) is 19.9 Å². The van der Waals surface area contributed by atoms with E-state index in [-0.39, 0.29) is 12.0 Å². The minimum absolute atomic E-state index is 0.265. The van der Waals surface area contributed by atoms with Gasteiger partial charge in [-0.1, -0.05) is 12.1 Å². The van der Waals surface area contributed by atoms with E-state index in [0.717, 1.165) is 5.56 Å². The Balaban J connectivity index is 2.85. The van der Waals surface area contributed by atoms with Crippen molar-refractivity contribution < 1.29 is 9.63 Å². The Kier molecular flexibility index (Phi) is 5.31. The van der Waals surface area contributed by atoms with Crippen LogP contribution in [0.4, 0.5) is 0 Å². The highest BCUT2D eigenvalue weighted by Gasteiger charge is 2.13. The third-order valence-electron chi connectivity index (χ3n) is 3.06. The monoisotopic (exact) mass is 250 g/mol. The van der Waals surface area contributed by atoms with Crippen LogP contribution in [0.2, 0.25) is 0 Å². The number of nitrogens with zero attached hydrogens (tertiary/aromatic N) is 2. The molecule has 4 nitrogen and oxygen atoms in total. The summed E-state index contributed by atoms with van der Waals surface area (Å²) in [5, 5.41) is 1.52. The Hall–Kier alpha value is -1.39. The molecule has 0 aliphatic rings. The summed E-state index contributed by atoms with van der Waals surface area (Å²) in [6.45, 7) is 4.69. The van der Waals surface area contributed by atoms with Crippen LogP contribution in [-0.4, -0.2) is 43.6 Å². The summed E-state index contributed by atoms with van der Waals surface area (Å²) in [7, 11) is 5.77. The first-order chi connectivity index (χ1) is 8.45. The topological polar surface area (TPSA) is 32.8 Å². The van der Waals surface area contributed by atoms with Crippen molar-refractivity contribution in [3.8, 4) is 0 Å². The first kappa shape index (κ1) is 14.7. The molecular formula is C14H22N2O2. The normalized spacial score (nSPS) is 12.8. The van der Waals surface area contributed by atoms with Crippen LogP contribution in [0.1, 0.15) is 35.8 Å². The zero-order chi connectivity index (χ0) is 13.7. The van der Waals surface area contributed by atoms with Crippen molar-refractivity contribution in [2.75, 3.05) is 27.7 Å². The van der Waals surface area contributed by atoms with Crippen molar-refractivity contribution in [1.29, 1.82) is 0 Å². The lowest BCUT2D eigenvalue weighted by molar-refractivity contribution is -0.0867. The van der Waals surface area contributed by atoms with Gasteiger partial charge in [-0.05, 0) is 45.6 Å². The smallest absolute Gasteiger partial charge is 0.357 e. The quantitative estimate of drug-likeness (QED) is 0.751. The molecule has 0 saturated carbocycles. The summed E-state index contributed by atoms with van der Waals surface area (Å²) in [5.74, 6) is -0.313. The molecule has 100 valence electrons. The third-order valence-corrected chi connectivity index (χ3v) is 3.06. The van der Waals surface area contributed by atoms with E-state index in [0.29, 0.717) is 12.1 Å². The minimum Gasteiger partial charge on any atom is -0.364 e. The van der Waals surface area contributed by atoms with Gasteiger partial charge in [0, 0.05) is 19.6 Å². The van der Waals surface area contributed by atoms with E-state index in [1.54, 1.807) is 13.1 Å². The summed E-state index contributed by atoms with van der Waals surface area (Å²) in [4.78, 5) is 19.1. The summed E-state index contributed by atoms with van der Waals surface area (Å²) in [5.41, 5.74) is 1.69. The molecule has 0 N–H and O–H groups in total. The Morgan fingerprint density at radius 3 is 2.56 bits per heavy atom. The van der Waals surface area contributed by atoms with Crippen LogP contribution in [0.5, 0.6) is 0 Å². The number of carbonyl (C=O) groups is 1. The zero-order valence-electron chi connectivity index (χ0n) is 11.8. The number of hydroxylamine groups is 2. The van der Waals surface area contributed by atoms with Crippen molar-refractivity contribution in [2.24, 2.45) is 0 Å². The van der Waals surface area contributed by atoms with Gasteiger partial charge in [0.15, 0.2) is 0 Å². The molecule has 18 heavy (non-hydrogen) atoms. The van der Waals surface area contributed by atoms with Gasteiger partial charge in [-0.3, -0.25) is 0 Å². The number of carbonyl (C=O) groups excluding carboxylic acids is 1. The van der Waals surface area contributed by atoms with Crippen molar-refractivity contribution >= 4 is 5.97 Å². The fourth-order valence-corrected chi connectivity index (χ4v) is 1.48. The molecule has 0 heterocycles. The lowest BCUT2D eigenvalue weighted by Crippen LogP contribution is -2.23. The second-order valence-electron chi connectivity index (χ2n) is 4.59. The third kappa shape index (κ3) is 3.82. The van der Waals surface area contributed by atoms with Gasteiger partial charge < -0.3 is 9.74 Å². The van der Waals surface area contributed by atoms with E-state index in [2.05, 4.69) is 11.8 Å². The van der Waals surface area contributed by atoms with Crippen LogP contribution in [0.15, 0.2) is 24.3 Å². The van der Waals surface area contributed by atoms with Gasteiger partial charge in [0.25, 0.3) is 0 Å². The Morgan fingerprint density at radius 2 is 2.00 bits per heavy atom. The lowest BCUT2D eigenvalue weighted by atomic mass is 10.0. The first-order valence-electron chi connectivity index (χ1n) is 6.15. The van der Waals surface area contributed by atoms with E-state index < -0.39 is 0 Å². The molecule has 0 bridgehead atoms. The molecule has 0 saturated heterocycles. The van der Waals surface area contributed by atoms with E-state index in [1.807, 2.05) is 39.2 Å². The molecule has 0 aliphatic heterocycles. The van der Waals surface area contributed by atoms with Crippen LogP contribution in [0.25, 0.3) is 0 Å². The molecule has 0 spiro atoms. The Bertz CT molecular complexity index is 405. The second kappa shape index (κ2) is 6.52. The van der Waals surface area contributed by atoms with Crippen LogP contribution in [0, 0.1) is 0 Å². The van der Waals surface area contributed by atoms with Crippen molar-refractivity contribution in [1.82, 2.24) is 9.96 Å². The molecule has 0 amide bonds. The molecule has 1 rings (SSSR count). The van der Waals surface area contributed by atoms with E-state index in [4.69, 9.17) is 4.84 Å². The van der Waals surface area contributed by atoms with Gasteiger partial charge in [-0.15, -0.1) is 5.06 Å². The standard InChI is InChI=1S/C14H22N2O2/c1-6-16(5)18-14(17)13-9-7-8-12(10-13)11(2)15(3)4/h7-11H,6H2,1-5H3/t11-/m0/s1. The minimum atomic E-state index is -0.313. The Morgan fingerprint density at radius 1 is 1.33 bits per heavy atom. The van der Waals surface area contributed by atoms with Gasteiger partial charge in [0.2, 0.25) is 0 Å². The average Bonchev–Trinajstić information content (AvgIpc) is 2.37. The van der Waals surface area contributed by atoms with Crippen LogP contribution in [-0.2, 0) is 4.84 Å². The van der Waals surface area contributed by atoms with E-state index in [9.17, 15) is 4.79 Å². The largest absolute Gasteiger partial charge is 0.364 e. The Labute approximate surface area is 109 Å². The molecule has 4 heteroatoms. The molecule has 1 atom stereocenters. The maximum atomic E-state index is 11.9. The predicted molar refractivity (Wildman–Crippen MR) is 72.3 cm³/mol. The summed E-state index contributed by atoms with van der Waals surface area (Å²) in [6, 6.07) is 7.83. The molecule has 0 fully saturated rings. The summed E-state index contributed by atoms with van der Waals surface area (Å²) in [6.07, 6.45) is 0. The highest BCUT2D eigenvalue weighted by atomic mass is 16.7. The average molecular weight is 250 g/mol. The second-order valence-corrected chi connectivity index (χ2v) is 4.59. The van der Waals surface area contributed by atoms with Gasteiger partial charge in [-0.2, -0.15) is 0 Å². The summed E-state index contributed by atoms with van der Waals surface area (Å²) < 4.78 is 0. The van der Waals surface area contributed by atoms with Crippen LogP contribution < -0.4 is 0 Å². The van der Waals surface area contributed by atoms with Gasteiger partial charge in [-0.25, -0.2) is 4.79 Å². The molecule has 1 aromatic rings. The molecule has 0 aliphatic carbocycles. The maximum Gasteiger partial charge on any atom is 0.357 e. The van der Waals surface area contributed by atoms with Crippen molar-refractivity contribution in [3.05, 3.63) is 35.4 Å². The van der Waals surface area contributed by atoms with Gasteiger partial charge in [0.1, 0.15) is 0 Å². The molecule has 1 aromatic carbocycles. The SMILES string of the molecule is CCN(C)OC(=O)c1cccc([C@H](C)N(C)C)c1. The van der Waals surface area contributed by atoms with Crippen LogP contribution >= 0.6 is 0 Å². The first-order valence-corrected chi connectivity index (χ1v) is 6.15. The number of hydrogen-bond acceptors (Lipinski definition) is 4. The fourth-order valence-electron chi connectivity index (χ4n) is 1.48. The van der Waals surface area contributed by atoms with E-state index in [1.165, 1.54) is 5.06 Å². The van der Waals surface area contributed by atoms with Crippen molar-refractivity contribution in [3.63, 3.8) is 0 Å². The highest BCUT2D eigenvalue weighted by molar-refractivity contribution is 5.89. The molecule has 0 unspecified atom stereocenters. The van der Waals surface area contributed by atoms with Crippen LogP contribution in [0.3, 0.4) is 0 Å². The fraction of sp³-hybridized carbons (Fsp3) is 0.500.